The smallest absolute Gasteiger partial charge is 0.246 e. The van der Waals surface area contributed by atoms with Crippen molar-refractivity contribution in [3.05, 3.63) is 46.6 Å². The number of imidazole rings is 1. The van der Waals surface area contributed by atoms with Gasteiger partial charge in [0.2, 0.25) is 5.91 Å². The zero-order valence-corrected chi connectivity index (χ0v) is 16.7. The van der Waals surface area contributed by atoms with Crippen molar-refractivity contribution >= 4 is 39.5 Å². The maximum absolute atomic E-state index is 12.3. The third kappa shape index (κ3) is 4.22. The number of thiazole rings is 1. The minimum atomic E-state index is -0.0952. The van der Waals surface area contributed by atoms with Crippen LogP contribution in [-0.4, -0.2) is 21.0 Å². The van der Waals surface area contributed by atoms with Crippen molar-refractivity contribution in [2.45, 2.75) is 39.0 Å². The first-order chi connectivity index (χ1) is 13.1. The summed E-state index contributed by atoms with van der Waals surface area (Å²) < 4.78 is 1.98. The number of hydrazone groups is 1. The van der Waals surface area contributed by atoms with Crippen LogP contribution in [0.4, 0.5) is 0 Å². The number of amides is 1. The first-order valence-electron chi connectivity index (χ1n) is 9.14. The number of hydrogen-bond acceptors (Lipinski definition) is 4. The van der Waals surface area contributed by atoms with Gasteiger partial charge < -0.3 is 0 Å². The molecule has 1 unspecified atom stereocenters. The molecule has 1 saturated carbocycles. The van der Waals surface area contributed by atoms with Crippen molar-refractivity contribution in [2.75, 3.05) is 0 Å². The Bertz CT molecular complexity index is 989. The molecule has 27 heavy (non-hydrogen) atoms. The molecule has 3 aromatic rings. The molecule has 0 aliphatic heterocycles. The predicted molar refractivity (Wildman–Crippen MR) is 110 cm³/mol. The fourth-order valence-corrected chi connectivity index (χ4v) is 4.42. The molecule has 7 heteroatoms. The van der Waals surface area contributed by atoms with Crippen LogP contribution >= 0.6 is 22.9 Å². The highest BCUT2D eigenvalue weighted by atomic mass is 35.5. The topological polar surface area (TPSA) is 58.8 Å². The number of benzene rings is 1. The molecule has 0 bridgehead atoms. The number of rotatable bonds is 4. The Morgan fingerprint density at radius 2 is 2.22 bits per heavy atom. The van der Waals surface area contributed by atoms with Gasteiger partial charge in [0.25, 0.3) is 0 Å². The highest BCUT2D eigenvalue weighted by molar-refractivity contribution is 7.15. The molecule has 140 valence electrons. The lowest BCUT2D eigenvalue weighted by atomic mass is 9.89. The average molecular weight is 401 g/mol. The van der Waals surface area contributed by atoms with E-state index in [2.05, 4.69) is 22.4 Å². The third-order valence-electron chi connectivity index (χ3n) is 4.85. The Hall–Kier alpha value is -2.18. The fraction of sp³-hybridized carbons (Fsp3) is 0.350. The molecule has 1 amide bonds. The van der Waals surface area contributed by atoms with Gasteiger partial charge in [0.05, 0.1) is 12.1 Å². The second kappa shape index (κ2) is 7.82. The molecule has 0 saturated heterocycles. The van der Waals surface area contributed by atoms with E-state index in [1.54, 1.807) is 0 Å². The second-order valence-electron chi connectivity index (χ2n) is 7.10. The maximum Gasteiger partial charge on any atom is 0.246 e. The van der Waals surface area contributed by atoms with Crippen LogP contribution in [0.5, 0.6) is 0 Å². The molecule has 1 fully saturated rings. The number of carbonyl (C=O) groups is 1. The van der Waals surface area contributed by atoms with Crippen molar-refractivity contribution < 1.29 is 4.79 Å². The van der Waals surface area contributed by atoms with Crippen LogP contribution in [0.3, 0.4) is 0 Å². The van der Waals surface area contributed by atoms with Gasteiger partial charge in [0.15, 0.2) is 4.96 Å². The molecule has 2 aromatic heterocycles. The van der Waals surface area contributed by atoms with Gasteiger partial charge >= 0.3 is 0 Å². The molecule has 1 aromatic carbocycles. The molecule has 1 aliphatic rings. The molecule has 5 nitrogen and oxygen atoms in total. The number of carbonyl (C=O) groups excluding carboxylic acids is 1. The van der Waals surface area contributed by atoms with E-state index in [0.29, 0.717) is 10.9 Å². The van der Waals surface area contributed by atoms with Crippen molar-refractivity contribution in [2.24, 2.45) is 11.0 Å². The molecular formula is C20H21ClN4OS. The van der Waals surface area contributed by atoms with Gasteiger partial charge in [-0.2, -0.15) is 5.10 Å². The van der Waals surface area contributed by atoms with Gasteiger partial charge in [-0.1, -0.05) is 30.7 Å². The summed E-state index contributed by atoms with van der Waals surface area (Å²) in [4.78, 5) is 17.8. The number of nitrogens with one attached hydrogen (secondary N) is 1. The van der Waals surface area contributed by atoms with Crippen LogP contribution in [0.25, 0.3) is 16.2 Å². The third-order valence-corrected chi connectivity index (χ3v) is 5.99. The first-order valence-corrected chi connectivity index (χ1v) is 10.4. The summed E-state index contributed by atoms with van der Waals surface area (Å²) in [5, 5.41) is 7.01. The number of nitrogens with zero attached hydrogens (tertiary/aromatic N) is 3. The predicted octanol–water partition coefficient (Wildman–Crippen LogP) is 4.94. The number of halogens is 1. The Morgan fingerprint density at radius 1 is 1.41 bits per heavy atom. The van der Waals surface area contributed by atoms with Crippen molar-refractivity contribution in [1.29, 1.82) is 0 Å². The van der Waals surface area contributed by atoms with Crippen molar-refractivity contribution in [3.8, 4) is 11.3 Å². The summed E-state index contributed by atoms with van der Waals surface area (Å²) in [6, 6.07) is 7.60. The van der Waals surface area contributed by atoms with E-state index >= 15 is 0 Å². The number of hydrogen-bond donors (Lipinski definition) is 1. The SMILES string of the molecule is CC1CCC/C(=N\NC(=O)Cc2csc3nc(-c4ccc(Cl)cc4)cn23)C1. The van der Waals surface area contributed by atoms with Crippen LogP contribution in [0.15, 0.2) is 40.9 Å². The normalized spacial score (nSPS) is 18.9. The van der Waals surface area contributed by atoms with Crippen LogP contribution < -0.4 is 5.43 Å². The van der Waals surface area contributed by atoms with Gasteiger partial charge in [0.1, 0.15) is 0 Å². The van der Waals surface area contributed by atoms with Gasteiger partial charge in [-0.15, -0.1) is 11.3 Å². The summed E-state index contributed by atoms with van der Waals surface area (Å²) in [7, 11) is 0. The summed E-state index contributed by atoms with van der Waals surface area (Å²) in [6.07, 6.45) is 6.61. The minimum Gasteiger partial charge on any atom is -0.294 e. The summed E-state index contributed by atoms with van der Waals surface area (Å²) in [5.74, 6) is 0.560. The molecule has 0 radical (unpaired) electrons. The molecule has 1 atom stereocenters. The monoisotopic (exact) mass is 400 g/mol. The minimum absolute atomic E-state index is 0.0952. The Balaban J connectivity index is 1.46. The summed E-state index contributed by atoms with van der Waals surface area (Å²) >= 11 is 7.49. The van der Waals surface area contributed by atoms with Crippen molar-refractivity contribution in [1.82, 2.24) is 14.8 Å². The molecule has 0 spiro atoms. The second-order valence-corrected chi connectivity index (χ2v) is 8.38. The van der Waals surface area contributed by atoms with Gasteiger partial charge in [0, 0.05) is 33.6 Å². The van der Waals surface area contributed by atoms with Gasteiger partial charge in [-0.3, -0.25) is 9.20 Å². The standard InChI is InChI=1S/C20H21ClN4OS/c1-13-3-2-4-16(9-13)23-24-19(26)10-17-12-27-20-22-18(11-25(17)20)14-5-7-15(21)8-6-14/h5-8,11-13H,2-4,9-10H2,1H3,(H,24,26)/b23-16+. The lowest BCUT2D eigenvalue weighted by Gasteiger charge is -2.18. The molecule has 1 N–H and O–H groups in total. The molecule has 4 rings (SSSR count). The van der Waals surface area contributed by atoms with Crippen LogP contribution in [-0.2, 0) is 11.2 Å². The average Bonchev–Trinajstić information content (AvgIpc) is 3.23. The lowest BCUT2D eigenvalue weighted by Crippen LogP contribution is -2.24. The maximum atomic E-state index is 12.3. The Kier molecular flexibility index (Phi) is 5.27. The van der Waals surface area contributed by atoms with Crippen LogP contribution in [0, 0.1) is 5.92 Å². The number of aromatic nitrogens is 2. The molecule has 2 heterocycles. The van der Waals surface area contributed by atoms with E-state index in [4.69, 9.17) is 11.6 Å². The first kappa shape index (κ1) is 18.2. The zero-order chi connectivity index (χ0) is 18.8. The van der Waals surface area contributed by atoms with E-state index in [0.717, 1.165) is 46.9 Å². The lowest BCUT2D eigenvalue weighted by molar-refractivity contribution is -0.120. The van der Waals surface area contributed by atoms with E-state index in [1.807, 2.05) is 40.2 Å². The van der Waals surface area contributed by atoms with Gasteiger partial charge in [-0.25, -0.2) is 10.4 Å². The van der Waals surface area contributed by atoms with E-state index in [9.17, 15) is 4.79 Å². The Labute approximate surface area is 167 Å². The summed E-state index contributed by atoms with van der Waals surface area (Å²) in [6.45, 7) is 2.23. The van der Waals surface area contributed by atoms with Crippen LogP contribution in [0.2, 0.25) is 5.02 Å². The quantitative estimate of drug-likeness (QED) is 0.630. The molecule has 1 aliphatic carbocycles. The van der Waals surface area contributed by atoms with Crippen molar-refractivity contribution in [3.63, 3.8) is 0 Å². The number of fused-ring (bicyclic) bond motifs is 1. The summed E-state index contributed by atoms with van der Waals surface area (Å²) in [5.41, 5.74) is 6.62. The van der Waals surface area contributed by atoms with Crippen LogP contribution in [0.1, 0.15) is 38.3 Å². The highest BCUT2D eigenvalue weighted by Crippen LogP contribution is 2.25. The Morgan fingerprint density at radius 3 is 3.00 bits per heavy atom. The highest BCUT2D eigenvalue weighted by Gasteiger charge is 2.15. The molecular weight excluding hydrogens is 380 g/mol. The van der Waals surface area contributed by atoms with E-state index < -0.39 is 0 Å². The zero-order valence-electron chi connectivity index (χ0n) is 15.1. The largest absolute Gasteiger partial charge is 0.294 e. The fourth-order valence-electron chi connectivity index (χ4n) is 3.42. The van der Waals surface area contributed by atoms with E-state index in [-0.39, 0.29) is 12.3 Å². The van der Waals surface area contributed by atoms with E-state index in [1.165, 1.54) is 17.8 Å². The van der Waals surface area contributed by atoms with Gasteiger partial charge in [-0.05, 0) is 43.7 Å².